The largest absolute Gasteiger partial charge is 0.354 e. The highest BCUT2D eigenvalue weighted by atomic mass is 35.5. The van der Waals surface area contributed by atoms with Crippen LogP contribution in [0, 0.1) is 5.92 Å². The van der Waals surface area contributed by atoms with Gasteiger partial charge in [-0.25, -0.2) is 0 Å². The van der Waals surface area contributed by atoms with Crippen LogP contribution in [0.2, 0.25) is 0 Å². The van der Waals surface area contributed by atoms with Crippen molar-refractivity contribution in [2.45, 2.75) is 56.5 Å². The molecule has 20 heavy (non-hydrogen) atoms. The van der Waals surface area contributed by atoms with Crippen LogP contribution < -0.4 is 11.1 Å². The molecule has 3 N–H and O–H groups in total. The summed E-state index contributed by atoms with van der Waals surface area (Å²) in [6.07, 6.45) is 7.91. The Labute approximate surface area is 134 Å². The molecule has 1 saturated heterocycles. The van der Waals surface area contributed by atoms with Crippen molar-refractivity contribution in [1.82, 2.24) is 10.2 Å². The first-order chi connectivity index (χ1) is 8.67. The minimum atomic E-state index is -0.561. The summed E-state index contributed by atoms with van der Waals surface area (Å²) >= 11 is 0. The molecule has 0 aromatic rings. The van der Waals surface area contributed by atoms with Gasteiger partial charge >= 0.3 is 0 Å². The minimum Gasteiger partial charge on any atom is -0.354 e. The standard InChI is InChI=1S/C14H25N3O.2ClH/c15-14(6-1-2-7-14)13(18)16-9-11-5-8-17(10-11)12-3-4-12;;/h11-12H,1-10,15H2,(H,16,18);2*1H. The summed E-state index contributed by atoms with van der Waals surface area (Å²) in [6, 6.07) is 0.862. The number of nitrogens with one attached hydrogen (secondary N) is 1. The third kappa shape index (κ3) is 4.00. The maximum atomic E-state index is 12.1. The number of hydrogen-bond donors (Lipinski definition) is 2. The molecule has 6 heteroatoms. The van der Waals surface area contributed by atoms with Crippen LogP contribution in [0.4, 0.5) is 0 Å². The van der Waals surface area contributed by atoms with Crippen molar-refractivity contribution in [1.29, 1.82) is 0 Å². The van der Waals surface area contributed by atoms with Crippen molar-refractivity contribution < 1.29 is 4.79 Å². The lowest BCUT2D eigenvalue weighted by Gasteiger charge is -2.23. The summed E-state index contributed by atoms with van der Waals surface area (Å²) in [7, 11) is 0. The zero-order valence-corrected chi connectivity index (χ0v) is 13.6. The van der Waals surface area contributed by atoms with Gasteiger partial charge < -0.3 is 16.0 Å². The lowest BCUT2D eigenvalue weighted by Crippen LogP contribution is -2.52. The van der Waals surface area contributed by atoms with E-state index in [9.17, 15) is 4.79 Å². The Hall–Kier alpha value is -0.0300. The van der Waals surface area contributed by atoms with Crippen molar-refractivity contribution >= 4 is 30.7 Å². The van der Waals surface area contributed by atoms with Gasteiger partial charge in [0, 0.05) is 19.1 Å². The highest BCUT2D eigenvalue weighted by molar-refractivity contribution is 5.86. The van der Waals surface area contributed by atoms with Gasteiger partial charge in [0.05, 0.1) is 5.54 Å². The van der Waals surface area contributed by atoms with Crippen molar-refractivity contribution in [2.24, 2.45) is 11.7 Å². The third-order valence-corrected chi connectivity index (χ3v) is 4.88. The fraction of sp³-hybridized carbons (Fsp3) is 0.929. The van der Waals surface area contributed by atoms with E-state index in [1.807, 2.05) is 0 Å². The maximum absolute atomic E-state index is 12.1. The highest BCUT2D eigenvalue weighted by Crippen LogP contribution is 2.31. The topological polar surface area (TPSA) is 58.4 Å². The van der Waals surface area contributed by atoms with Crippen LogP contribution in [0.1, 0.15) is 44.9 Å². The van der Waals surface area contributed by atoms with Crippen molar-refractivity contribution in [2.75, 3.05) is 19.6 Å². The molecule has 1 atom stereocenters. The first kappa shape index (κ1) is 18.0. The zero-order chi connectivity index (χ0) is 12.6. The van der Waals surface area contributed by atoms with Crippen LogP contribution in [-0.2, 0) is 4.79 Å². The summed E-state index contributed by atoms with van der Waals surface area (Å²) in [6.45, 7) is 3.21. The molecule has 0 aromatic heterocycles. The summed E-state index contributed by atoms with van der Waals surface area (Å²) in [4.78, 5) is 14.7. The van der Waals surface area contributed by atoms with Gasteiger partial charge in [-0.2, -0.15) is 0 Å². The number of hydrogen-bond acceptors (Lipinski definition) is 3. The number of rotatable bonds is 4. The molecule has 0 radical (unpaired) electrons. The summed E-state index contributed by atoms with van der Waals surface area (Å²) in [5.41, 5.74) is 5.59. The molecule has 118 valence electrons. The molecule has 1 amide bonds. The van der Waals surface area contributed by atoms with Crippen LogP contribution in [0.5, 0.6) is 0 Å². The molecule has 0 aromatic carbocycles. The predicted octanol–water partition coefficient (Wildman–Crippen LogP) is 1.70. The molecular formula is C14H27Cl2N3O. The second kappa shape index (κ2) is 7.30. The van der Waals surface area contributed by atoms with Crippen LogP contribution >= 0.6 is 24.8 Å². The average molecular weight is 324 g/mol. The van der Waals surface area contributed by atoms with Gasteiger partial charge in [0.2, 0.25) is 5.91 Å². The van der Waals surface area contributed by atoms with E-state index in [1.165, 1.54) is 32.4 Å². The first-order valence-corrected chi connectivity index (χ1v) is 7.49. The SMILES string of the molecule is Cl.Cl.NC1(C(=O)NCC2CCN(C3CC3)C2)CCCC1. The van der Waals surface area contributed by atoms with E-state index in [1.54, 1.807) is 0 Å². The summed E-state index contributed by atoms with van der Waals surface area (Å²) < 4.78 is 0. The maximum Gasteiger partial charge on any atom is 0.240 e. The Morgan fingerprint density at radius 2 is 1.85 bits per heavy atom. The molecule has 3 rings (SSSR count). The number of amides is 1. The first-order valence-electron chi connectivity index (χ1n) is 7.49. The number of carbonyl (C=O) groups excluding carboxylic acids is 1. The molecule has 3 fully saturated rings. The fourth-order valence-corrected chi connectivity index (χ4v) is 3.45. The van der Waals surface area contributed by atoms with Gasteiger partial charge in [0.1, 0.15) is 0 Å². The predicted molar refractivity (Wildman–Crippen MR) is 85.6 cm³/mol. The van der Waals surface area contributed by atoms with Gasteiger partial charge in [-0.3, -0.25) is 4.79 Å². The van der Waals surface area contributed by atoms with E-state index in [0.717, 1.165) is 38.3 Å². The van der Waals surface area contributed by atoms with E-state index in [2.05, 4.69) is 10.2 Å². The molecule has 3 aliphatic rings. The molecule has 2 aliphatic carbocycles. The quantitative estimate of drug-likeness (QED) is 0.828. The van der Waals surface area contributed by atoms with Crippen molar-refractivity contribution in [3.05, 3.63) is 0 Å². The smallest absolute Gasteiger partial charge is 0.240 e. The second-order valence-corrected chi connectivity index (χ2v) is 6.45. The molecular weight excluding hydrogens is 297 g/mol. The number of carbonyl (C=O) groups is 1. The monoisotopic (exact) mass is 323 g/mol. The number of likely N-dealkylation sites (tertiary alicyclic amines) is 1. The van der Waals surface area contributed by atoms with E-state index in [0.29, 0.717) is 5.92 Å². The molecule has 1 heterocycles. The third-order valence-electron chi connectivity index (χ3n) is 4.88. The van der Waals surface area contributed by atoms with Crippen molar-refractivity contribution in [3.8, 4) is 0 Å². The average Bonchev–Trinajstić information content (AvgIpc) is 2.94. The van der Waals surface area contributed by atoms with Crippen LogP contribution in [0.25, 0.3) is 0 Å². The second-order valence-electron chi connectivity index (χ2n) is 6.45. The van der Waals surface area contributed by atoms with E-state index in [-0.39, 0.29) is 30.7 Å². The number of nitrogens with two attached hydrogens (primary N) is 1. The molecule has 1 unspecified atom stereocenters. The number of halogens is 2. The summed E-state index contributed by atoms with van der Waals surface area (Å²) in [5.74, 6) is 0.726. The minimum absolute atomic E-state index is 0. The van der Waals surface area contributed by atoms with Crippen LogP contribution in [-0.4, -0.2) is 42.0 Å². The lowest BCUT2D eigenvalue weighted by atomic mass is 9.97. The molecule has 0 bridgehead atoms. The van der Waals surface area contributed by atoms with Crippen LogP contribution in [0.15, 0.2) is 0 Å². The molecule has 4 nitrogen and oxygen atoms in total. The van der Waals surface area contributed by atoms with E-state index >= 15 is 0 Å². The Bertz CT molecular complexity index is 330. The Morgan fingerprint density at radius 1 is 1.20 bits per heavy atom. The molecule has 0 spiro atoms. The van der Waals surface area contributed by atoms with Gasteiger partial charge in [-0.05, 0) is 44.6 Å². The van der Waals surface area contributed by atoms with Crippen LogP contribution in [0.3, 0.4) is 0 Å². The highest BCUT2D eigenvalue weighted by Gasteiger charge is 2.38. The Morgan fingerprint density at radius 3 is 2.45 bits per heavy atom. The van der Waals surface area contributed by atoms with Gasteiger partial charge in [0.25, 0.3) is 0 Å². The lowest BCUT2D eigenvalue weighted by molar-refractivity contribution is -0.126. The Balaban J connectivity index is 0.000001000. The number of nitrogens with zero attached hydrogens (tertiary/aromatic N) is 1. The zero-order valence-electron chi connectivity index (χ0n) is 12.0. The van der Waals surface area contributed by atoms with Gasteiger partial charge in [-0.15, -0.1) is 24.8 Å². The van der Waals surface area contributed by atoms with Gasteiger partial charge in [0.15, 0.2) is 0 Å². The van der Waals surface area contributed by atoms with Crippen molar-refractivity contribution in [3.63, 3.8) is 0 Å². The fourth-order valence-electron chi connectivity index (χ4n) is 3.45. The summed E-state index contributed by atoms with van der Waals surface area (Å²) in [5, 5.41) is 3.10. The van der Waals surface area contributed by atoms with E-state index < -0.39 is 5.54 Å². The van der Waals surface area contributed by atoms with Gasteiger partial charge in [-0.1, -0.05) is 12.8 Å². The molecule has 2 saturated carbocycles. The Kier molecular flexibility index (Phi) is 6.58. The molecule has 1 aliphatic heterocycles. The normalized spacial score (nSPS) is 28.6. The van der Waals surface area contributed by atoms with E-state index in [4.69, 9.17) is 5.73 Å².